The molecule has 0 aliphatic carbocycles. The van der Waals surface area contributed by atoms with Crippen molar-refractivity contribution in [2.75, 3.05) is 26.7 Å². The zero-order valence-electron chi connectivity index (χ0n) is 11.2. The topological polar surface area (TPSA) is 61.8 Å². The van der Waals surface area contributed by atoms with E-state index in [4.69, 9.17) is 4.74 Å². The maximum absolute atomic E-state index is 11.6. The van der Waals surface area contributed by atoms with Crippen molar-refractivity contribution in [2.24, 2.45) is 5.92 Å². The lowest BCUT2D eigenvalue weighted by molar-refractivity contribution is 0.0405. The first-order chi connectivity index (χ1) is 7.81. The van der Waals surface area contributed by atoms with Gasteiger partial charge in [-0.15, -0.1) is 0 Å². The predicted molar refractivity (Wildman–Crippen MR) is 65.8 cm³/mol. The average molecular weight is 244 g/mol. The van der Waals surface area contributed by atoms with Gasteiger partial charge in [-0.3, -0.25) is 0 Å². The van der Waals surface area contributed by atoms with Crippen molar-refractivity contribution in [1.82, 2.24) is 10.2 Å². The summed E-state index contributed by atoms with van der Waals surface area (Å²) >= 11 is 0. The largest absolute Gasteiger partial charge is 0.444 e. The number of amides is 1. The minimum absolute atomic E-state index is 0.00560. The molecule has 0 aromatic carbocycles. The van der Waals surface area contributed by atoms with E-state index >= 15 is 0 Å². The van der Waals surface area contributed by atoms with E-state index in [9.17, 15) is 9.90 Å². The summed E-state index contributed by atoms with van der Waals surface area (Å²) in [5.41, 5.74) is -0.482. The Kier molecular flexibility index (Phi) is 4.77. The molecule has 0 bridgehead atoms. The number of aliphatic hydroxyl groups is 1. The number of ether oxygens (including phenoxy) is 1. The number of carbonyl (C=O) groups is 1. The molecule has 0 spiro atoms. The summed E-state index contributed by atoms with van der Waals surface area (Å²) < 4.78 is 5.21. The Morgan fingerprint density at radius 1 is 1.53 bits per heavy atom. The average Bonchev–Trinajstić information content (AvgIpc) is 2.17. The highest BCUT2D eigenvalue weighted by Gasteiger charge is 2.29. The molecule has 0 radical (unpaired) electrons. The molecule has 2 N–H and O–H groups in total. The van der Waals surface area contributed by atoms with Crippen LogP contribution in [0.2, 0.25) is 0 Å². The van der Waals surface area contributed by atoms with Crippen LogP contribution in [0.4, 0.5) is 4.79 Å². The third-order valence-electron chi connectivity index (χ3n) is 2.87. The van der Waals surface area contributed by atoms with Crippen LogP contribution in [0, 0.1) is 5.92 Å². The van der Waals surface area contributed by atoms with E-state index in [-0.39, 0.29) is 18.6 Å². The standard InChI is InChI=1S/C12H24N2O3/c1-12(2,3)17-11(16)13-10-5-6-14(4)7-9(10)8-15/h9-10,15H,5-8H2,1-4H3,(H,13,16). The number of alkyl carbamates (subject to hydrolysis) is 1. The summed E-state index contributed by atoms with van der Waals surface area (Å²) in [7, 11) is 2.02. The molecule has 5 nitrogen and oxygen atoms in total. The fourth-order valence-electron chi connectivity index (χ4n) is 2.05. The number of carbonyl (C=O) groups excluding carboxylic acids is 1. The molecule has 1 amide bonds. The van der Waals surface area contributed by atoms with E-state index in [0.29, 0.717) is 0 Å². The van der Waals surface area contributed by atoms with Crippen LogP contribution in [0.1, 0.15) is 27.2 Å². The van der Waals surface area contributed by atoms with Gasteiger partial charge in [0.15, 0.2) is 0 Å². The van der Waals surface area contributed by atoms with Crippen molar-refractivity contribution in [2.45, 2.75) is 38.8 Å². The lowest BCUT2D eigenvalue weighted by Crippen LogP contribution is -2.52. The maximum atomic E-state index is 11.6. The summed E-state index contributed by atoms with van der Waals surface area (Å²) in [6.45, 7) is 7.33. The molecule has 1 aliphatic heterocycles. The molecule has 1 fully saturated rings. The molecule has 1 aliphatic rings. The fraction of sp³-hybridized carbons (Fsp3) is 0.917. The van der Waals surface area contributed by atoms with Crippen LogP contribution in [0.5, 0.6) is 0 Å². The molecule has 1 saturated heterocycles. The molecule has 0 aromatic rings. The van der Waals surface area contributed by atoms with E-state index < -0.39 is 11.7 Å². The number of nitrogens with zero attached hydrogens (tertiary/aromatic N) is 1. The molecule has 17 heavy (non-hydrogen) atoms. The van der Waals surface area contributed by atoms with Crippen molar-refractivity contribution in [3.05, 3.63) is 0 Å². The number of piperidine rings is 1. The van der Waals surface area contributed by atoms with Gasteiger partial charge in [-0.1, -0.05) is 0 Å². The first-order valence-corrected chi connectivity index (χ1v) is 6.11. The van der Waals surface area contributed by atoms with Gasteiger partial charge in [-0.05, 0) is 40.8 Å². The summed E-state index contributed by atoms with van der Waals surface area (Å²) in [6.07, 6.45) is 0.451. The highest BCUT2D eigenvalue weighted by atomic mass is 16.6. The van der Waals surface area contributed by atoms with Crippen molar-refractivity contribution < 1.29 is 14.6 Å². The fourth-order valence-corrected chi connectivity index (χ4v) is 2.05. The molecule has 100 valence electrons. The van der Waals surface area contributed by atoms with Gasteiger partial charge < -0.3 is 20.1 Å². The summed E-state index contributed by atoms with van der Waals surface area (Å²) in [5.74, 6) is 0.0845. The molecule has 0 saturated carbocycles. The smallest absolute Gasteiger partial charge is 0.407 e. The highest BCUT2D eigenvalue weighted by molar-refractivity contribution is 5.68. The van der Waals surface area contributed by atoms with Crippen LogP contribution in [-0.2, 0) is 4.74 Å². The van der Waals surface area contributed by atoms with Gasteiger partial charge in [0.05, 0.1) is 0 Å². The Hall–Kier alpha value is -0.810. The van der Waals surface area contributed by atoms with E-state index in [0.717, 1.165) is 19.5 Å². The summed E-state index contributed by atoms with van der Waals surface area (Å²) in [4.78, 5) is 13.8. The zero-order valence-corrected chi connectivity index (χ0v) is 11.2. The highest BCUT2D eigenvalue weighted by Crippen LogP contribution is 2.16. The number of rotatable bonds is 2. The second-order valence-electron chi connectivity index (χ2n) is 5.75. The van der Waals surface area contributed by atoms with Crippen molar-refractivity contribution in [1.29, 1.82) is 0 Å². The van der Waals surface area contributed by atoms with Crippen LogP contribution in [0.25, 0.3) is 0 Å². The Bertz CT molecular complexity index is 263. The van der Waals surface area contributed by atoms with Gasteiger partial charge in [-0.2, -0.15) is 0 Å². The molecule has 5 heteroatoms. The Labute approximate surface area is 103 Å². The van der Waals surface area contributed by atoms with Gasteiger partial charge in [-0.25, -0.2) is 4.79 Å². The minimum atomic E-state index is -0.482. The van der Waals surface area contributed by atoms with E-state index in [1.165, 1.54) is 0 Å². The monoisotopic (exact) mass is 244 g/mol. The molecular weight excluding hydrogens is 220 g/mol. The van der Waals surface area contributed by atoms with Gasteiger partial charge in [0.2, 0.25) is 0 Å². The molecule has 2 unspecified atom stereocenters. The SMILES string of the molecule is CN1CCC(NC(=O)OC(C)(C)C)C(CO)C1. The molecule has 2 atom stereocenters. The first-order valence-electron chi connectivity index (χ1n) is 6.11. The van der Waals surface area contributed by atoms with Crippen LogP contribution < -0.4 is 5.32 Å². The maximum Gasteiger partial charge on any atom is 0.407 e. The van der Waals surface area contributed by atoms with Crippen molar-refractivity contribution in [3.8, 4) is 0 Å². The van der Waals surface area contributed by atoms with E-state index in [1.54, 1.807) is 0 Å². The third-order valence-corrected chi connectivity index (χ3v) is 2.87. The number of likely N-dealkylation sites (tertiary alicyclic amines) is 1. The van der Waals surface area contributed by atoms with Crippen LogP contribution >= 0.6 is 0 Å². The third kappa shape index (κ3) is 4.91. The predicted octanol–water partition coefficient (Wildman–Crippen LogP) is 0.824. The zero-order chi connectivity index (χ0) is 13.1. The van der Waals surface area contributed by atoms with Gasteiger partial charge in [0, 0.05) is 25.1 Å². The first kappa shape index (κ1) is 14.3. The Morgan fingerprint density at radius 3 is 2.71 bits per heavy atom. The van der Waals surface area contributed by atoms with Gasteiger partial charge >= 0.3 is 6.09 Å². The van der Waals surface area contributed by atoms with Gasteiger partial charge in [0.25, 0.3) is 0 Å². The number of hydrogen-bond acceptors (Lipinski definition) is 4. The van der Waals surface area contributed by atoms with Crippen molar-refractivity contribution >= 4 is 6.09 Å². The molecule has 0 aromatic heterocycles. The number of nitrogens with one attached hydrogen (secondary N) is 1. The number of hydrogen-bond donors (Lipinski definition) is 2. The van der Waals surface area contributed by atoms with E-state index in [2.05, 4.69) is 10.2 Å². The van der Waals surface area contributed by atoms with Crippen LogP contribution in [-0.4, -0.2) is 54.5 Å². The van der Waals surface area contributed by atoms with Crippen LogP contribution in [0.3, 0.4) is 0 Å². The minimum Gasteiger partial charge on any atom is -0.444 e. The van der Waals surface area contributed by atoms with Crippen molar-refractivity contribution in [3.63, 3.8) is 0 Å². The normalized spacial score (nSPS) is 26.6. The second kappa shape index (κ2) is 5.69. The Morgan fingerprint density at radius 2 is 2.18 bits per heavy atom. The molecule has 1 heterocycles. The summed E-state index contributed by atoms with van der Waals surface area (Å²) in [6, 6.07) is 0.00560. The Balaban J connectivity index is 2.47. The quantitative estimate of drug-likeness (QED) is 0.755. The van der Waals surface area contributed by atoms with Gasteiger partial charge in [0.1, 0.15) is 5.60 Å². The van der Waals surface area contributed by atoms with E-state index in [1.807, 2.05) is 27.8 Å². The lowest BCUT2D eigenvalue weighted by Gasteiger charge is -2.36. The van der Waals surface area contributed by atoms with Crippen LogP contribution in [0.15, 0.2) is 0 Å². The molecule has 1 rings (SSSR count). The molecular formula is C12H24N2O3. The lowest BCUT2D eigenvalue weighted by atomic mass is 9.93. The number of aliphatic hydroxyl groups excluding tert-OH is 1. The second-order valence-corrected chi connectivity index (χ2v) is 5.75. The summed E-state index contributed by atoms with van der Waals surface area (Å²) in [5, 5.41) is 12.2.